The molecule has 0 fully saturated rings. The molecule has 2 aromatic rings. The lowest BCUT2D eigenvalue weighted by molar-refractivity contribution is 0.629. The second kappa shape index (κ2) is 4.35. The van der Waals surface area contributed by atoms with Crippen LogP contribution in [-0.4, -0.2) is 10.2 Å². The number of anilines is 1. The minimum Gasteiger partial charge on any atom is -0.378 e. The highest BCUT2D eigenvalue weighted by molar-refractivity contribution is 5.52. The van der Waals surface area contributed by atoms with E-state index in [-0.39, 0.29) is 5.82 Å². The molecule has 16 heavy (non-hydrogen) atoms. The summed E-state index contributed by atoms with van der Waals surface area (Å²) in [7, 11) is 0. The first kappa shape index (κ1) is 10.7. The van der Waals surface area contributed by atoms with Gasteiger partial charge in [-0.05, 0) is 25.5 Å². The zero-order valence-electron chi connectivity index (χ0n) is 9.34. The van der Waals surface area contributed by atoms with Crippen molar-refractivity contribution >= 4 is 5.69 Å². The van der Waals surface area contributed by atoms with Crippen molar-refractivity contribution in [2.24, 2.45) is 0 Å². The summed E-state index contributed by atoms with van der Waals surface area (Å²) in [6, 6.07) is 5.05. The summed E-state index contributed by atoms with van der Waals surface area (Å²) in [6.45, 7) is 4.40. The lowest BCUT2D eigenvalue weighted by Crippen LogP contribution is -2.03. The minimum atomic E-state index is -0.221. The van der Waals surface area contributed by atoms with Crippen molar-refractivity contribution in [2.45, 2.75) is 20.4 Å². The van der Waals surface area contributed by atoms with Gasteiger partial charge in [0.2, 0.25) is 0 Å². The molecule has 0 radical (unpaired) electrons. The summed E-state index contributed by atoms with van der Waals surface area (Å²) in [5, 5.41) is 9.86. The van der Waals surface area contributed by atoms with Crippen molar-refractivity contribution in [3.05, 3.63) is 47.0 Å². The SMILES string of the molecule is Cc1cccc(F)c1NCc1cn[nH]c1C. The summed E-state index contributed by atoms with van der Waals surface area (Å²) >= 11 is 0. The summed E-state index contributed by atoms with van der Waals surface area (Å²) in [6.07, 6.45) is 1.75. The van der Waals surface area contributed by atoms with Crippen molar-refractivity contribution in [1.29, 1.82) is 0 Å². The number of hydrogen-bond donors (Lipinski definition) is 2. The molecule has 4 heteroatoms. The first-order valence-electron chi connectivity index (χ1n) is 5.16. The van der Waals surface area contributed by atoms with Gasteiger partial charge in [-0.3, -0.25) is 5.10 Å². The van der Waals surface area contributed by atoms with Crippen molar-refractivity contribution in [2.75, 3.05) is 5.32 Å². The normalized spacial score (nSPS) is 10.4. The van der Waals surface area contributed by atoms with Gasteiger partial charge in [0.25, 0.3) is 0 Å². The summed E-state index contributed by atoms with van der Waals surface area (Å²) in [4.78, 5) is 0. The molecule has 1 heterocycles. The maximum absolute atomic E-state index is 13.5. The molecule has 84 valence electrons. The third kappa shape index (κ3) is 2.05. The molecular formula is C12H14FN3. The summed E-state index contributed by atoms with van der Waals surface area (Å²) in [5.74, 6) is -0.221. The summed E-state index contributed by atoms with van der Waals surface area (Å²) in [5.41, 5.74) is 3.51. The van der Waals surface area contributed by atoms with Crippen LogP contribution in [0.15, 0.2) is 24.4 Å². The number of para-hydroxylation sites is 1. The molecule has 3 nitrogen and oxygen atoms in total. The molecule has 0 aliphatic rings. The molecule has 0 saturated heterocycles. The Bertz CT molecular complexity index is 471. The predicted molar refractivity (Wildman–Crippen MR) is 61.8 cm³/mol. The van der Waals surface area contributed by atoms with Gasteiger partial charge < -0.3 is 5.32 Å². The average Bonchev–Trinajstić information content (AvgIpc) is 2.64. The Labute approximate surface area is 93.7 Å². The average molecular weight is 219 g/mol. The van der Waals surface area contributed by atoms with E-state index in [1.165, 1.54) is 6.07 Å². The molecule has 0 bridgehead atoms. The zero-order valence-corrected chi connectivity index (χ0v) is 9.34. The van der Waals surface area contributed by atoms with E-state index in [4.69, 9.17) is 0 Å². The van der Waals surface area contributed by atoms with Crippen LogP contribution in [0.2, 0.25) is 0 Å². The van der Waals surface area contributed by atoms with Gasteiger partial charge in [-0.15, -0.1) is 0 Å². The number of halogens is 1. The Morgan fingerprint density at radius 3 is 2.81 bits per heavy atom. The van der Waals surface area contributed by atoms with Crippen molar-refractivity contribution in [3.63, 3.8) is 0 Å². The Balaban J connectivity index is 2.14. The fraction of sp³-hybridized carbons (Fsp3) is 0.250. The summed E-state index contributed by atoms with van der Waals surface area (Å²) < 4.78 is 13.5. The largest absolute Gasteiger partial charge is 0.378 e. The van der Waals surface area contributed by atoms with Crippen molar-refractivity contribution in [3.8, 4) is 0 Å². The fourth-order valence-electron chi connectivity index (χ4n) is 1.59. The van der Waals surface area contributed by atoms with Gasteiger partial charge in [-0.1, -0.05) is 12.1 Å². The predicted octanol–water partition coefficient (Wildman–Crippen LogP) is 2.78. The molecule has 2 rings (SSSR count). The molecule has 0 aliphatic heterocycles. The molecular weight excluding hydrogens is 205 g/mol. The van der Waals surface area contributed by atoms with Crippen LogP contribution in [-0.2, 0) is 6.54 Å². The van der Waals surface area contributed by atoms with Gasteiger partial charge in [-0.2, -0.15) is 5.10 Å². The molecule has 0 atom stereocenters. The highest BCUT2D eigenvalue weighted by atomic mass is 19.1. The van der Waals surface area contributed by atoms with E-state index in [0.717, 1.165) is 16.8 Å². The first-order valence-corrected chi connectivity index (χ1v) is 5.16. The van der Waals surface area contributed by atoms with Crippen molar-refractivity contribution in [1.82, 2.24) is 10.2 Å². The Hall–Kier alpha value is -1.84. The van der Waals surface area contributed by atoms with E-state index in [9.17, 15) is 4.39 Å². The van der Waals surface area contributed by atoms with E-state index in [1.54, 1.807) is 12.3 Å². The number of aromatic amines is 1. The number of aryl methyl sites for hydroxylation is 2. The highest BCUT2D eigenvalue weighted by Gasteiger charge is 2.06. The van der Waals surface area contributed by atoms with Gasteiger partial charge >= 0.3 is 0 Å². The van der Waals surface area contributed by atoms with Gasteiger partial charge in [0.15, 0.2) is 0 Å². The quantitative estimate of drug-likeness (QED) is 0.833. The fourth-order valence-corrected chi connectivity index (χ4v) is 1.59. The van der Waals surface area contributed by atoms with Crippen LogP contribution in [0, 0.1) is 19.7 Å². The maximum atomic E-state index is 13.5. The number of nitrogens with zero attached hydrogens (tertiary/aromatic N) is 1. The molecule has 1 aromatic heterocycles. The molecule has 1 aromatic carbocycles. The van der Waals surface area contributed by atoms with Gasteiger partial charge in [0.05, 0.1) is 11.9 Å². The lowest BCUT2D eigenvalue weighted by atomic mass is 10.2. The Kier molecular flexibility index (Phi) is 2.90. The number of hydrogen-bond acceptors (Lipinski definition) is 2. The third-order valence-electron chi connectivity index (χ3n) is 2.61. The number of rotatable bonds is 3. The topological polar surface area (TPSA) is 40.7 Å². The van der Waals surface area contributed by atoms with E-state index in [0.29, 0.717) is 12.2 Å². The zero-order chi connectivity index (χ0) is 11.5. The second-order valence-electron chi connectivity index (χ2n) is 3.81. The van der Waals surface area contributed by atoms with E-state index in [2.05, 4.69) is 15.5 Å². The number of benzene rings is 1. The monoisotopic (exact) mass is 219 g/mol. The van der Waals surface area contributed by atoms with Crippen LogP contribution >= 0.6 is 0 Å². The molecule has 2 N–H and O–H groups in total. The van der Waals surface area contributed by atoms with E-state index < -0.39 is 0 Å². The number of aromatic nitrogens is 2. The Morgan fingerprint density at radius 1 is 1.38 bits per heavy atom. The van der Waals surface area contributed by atoms with E-state index in [1.807, 2.05) is 19.9 Å². The van der Waals surface area contributed by atoms with Crippen LogP contribution in [0.25, 0.3) is 0 Å². The van der Waals surface area contributed by atoms with Gasteiger partial charge in [0.1, 0.15) is 5.82 Å². The van der Waals surface area contributed by atoms with Crippen molar-refractivity contribution < 1.29 is 4.39 Å². The molecule has 0 aliphatic carbocycles. The molecule has 0 amide bonds. The van der Waals surface area contributed by atoms with E-state index >= 15 is 0 Å². The smallest absolute Gasteiger partial charge is 0.146 e. The Morgan fingerprint density at radius 2 is 2.19 bits per heavy atom. The highest BCUT2D eigenvalue weighted by Crippen LogP contribution is 2.19. The van der Waals surface area contributed by atoms with Crippen LogP contribution in [0.3, 0.4) is 0 Å². The standard InChI is InChI=1S/C12H14FN3/c1-8-4-3-5-11(13)12(8)14-6-10-7-15-16-9(10)2/h3-5,7,14H,6H2,1-2H3,(H,15,16). The molecule has 0 saturated carbocycles. The van der Waals surface area contributed by atoms with Crippen LogP contribution < -0.4 is 5.32 Å². The maximum Gasteiger partial charge on any atom is 0.146 e. The third-order valence-corrected chi connectivity index (χ3v) is 2.61. The van der Waals surface area contributed by atoms with Crippen LogP contribution in [0.4, 0.5) is 10.1 Å². The molecule has 0 unspecified atom stereocenters. The minimum absolute atomic E-state index is 0.221. The van der Waals surface area contributed by atoms with Gasteiger partial charge in [0, 0.05) is 17.8 Å². The second-order valence-corrected chi connectivity index (χ2v) is 3.81. The lowest BCUT2D eigenvalue weighted by Gasteiger charge is -2.09. The number of H-pyrrole nitrogens is 1. The number of nitrogens with one attached hydrogen (secondary N) is 2. The first-order chi connectivity index (χ1) is 7.68. The van der Waals surface area contributed by atoms with Crippen LogP contribution in [0.1, 0.15) is 16.8 Å². The molecule has 0 spiro atoms. The van der Waals surface area contributed by atoms with Gasteiger partial charge in [-0.25, -0.2) is 4.39 Å². The van der Waals surface area contributed by atoms with Crippen LogP contribution in [0.5, 0.6) is 0 Å².